The van der Waals surface area contributed by atoms with Crippen LogP contribution in [0.5, 0.6) is 11.5 Å². The third-order valence-corrected chi connectivity index (χ3v) is 3.57. The highest BCUT2D eigenvalue weighted by Crippen LogP contribution is 2.37. The lowest BCUT2D eigenvalue weighted by Gasteiger charge is -2.16. The van der Waals surface area contributed by atoms with Crippen molar-refractivity contribution in [2.75, 3.05) is 34.0 Å². The average Bonchev–Trinajstić information content (AvgIpc) is 2.59. The first kappa shape index (κ1) is 22.1. The van der Waals surface area contributed by atoms with Gasteiger partial charge in [-0.15, -0.1) is 0 Å². The number of benzene rings is 1. The van der Waals surface area contributed by atoms with E-state index < -0.39 is 18.0 Å². The molecule has 0 aliphatic rings. The van der Waals surface area contributed by atoms with Gasteiger partial charge in [-0.2, -0.15) is 0 Å². The summed E-state index contributed by atoms with van der Waals surface area (Å²) in [5.41, 5.74) is 0.167. The second-order valence-electron chi connectivity index (χ2n) is 6.03. The lowest BCUT2D eigenvalue weighted by atomic mass is 10.2. The van der Waals surface area contributed by atoms with E-state index in [0.717, 1.165) is 0 Å². The molecule has 0 saturated heterocycles. The summed E-state index contributed by atoms with van der Waals surface area (Å²) in [5, 5.41) is 2.83. The fourth-order valence-corrected chi connectivity index (χ4v) is 2.20. The molecule has 7 nitrogen and oxygen atoms in total. The number of methoxy groups -OCH3 is 2. The third kappa shape index (κ3) is 6.72. The van der Waals surface area contributed by atoms with Crippen LogP contribution in [0.2, 0.25) is 5.02 Å². The first-order chi connectivity index (χ1) is 12.3. The van der Waals surface area contributed by atoms with Crippen molar-refractivity contribution in [1.29, 1.82) is 0 Å². The zero-order valence-corrected chi connectivity index (χ0v) is 16.5. The largest absolute Gasteiger partial charge is 0.493 e. The number of ether oxygens (including phenoxy) is 4. The van der Waals surface area contributed by atoms with Gasteiger partial charge >= 0.3 is 5.97 Å². The molecule has 0 aliphatic carbocycles. The van der Waals surface area contributed by atoms with Gasteiger partial charge in [0.05, 0.1) is 30.9 Å². The Hall–Kier alpha value is -1.99. The van der Waals surface area contributed by atoms with Crippen LogP contribution < -0.4 is 14.8 Å². The van der Waals surface area contributed by atoms with Crippen LogP contribution in [-0.4, -0.2) is 52.0 Å². The number of amides is 1. The molecular weight excluding hydrogens is 362 g/mol. The van der Waals surface area contributed by atoms with Gasteiger partial charge in [0.25, 0.3) is 5.91 Å². The van der Waals surface area contributed by atoms with Gasteiger partial charge in [0.1, 0.15) is 0 Å². The molecule has 1 amide bonds. The van der Waals surface area contributed by atoms with E-state index in [1.54, 1.807) is 0 Å². The third-order valence-electron chi connectivity index (χ3n) is 3.28. The van der Waals surface area contributed by atoms with Crippen molar-refractivity contribution in [3.63, 3.8) is 0 Å². The molecule has 0 spiro atoms. The zero-order valence-electron chi connectivity index (χ0n) is 15.8. The highest BCUT2D eigenvalue weighted by Gasteiger charge is 2.21. The van der Waals surface area contributed by atoms with Gasteiger partial charge in [-0.05, 0) is 25.0 Å². The van der Waals surface area contributed by atoms with Crippen molar-refractivity contribution in [3.05, 3.63) is 22.7 Å². The normalized spacial score (nSPS) is 11.8. The smallest absolute Gasteiger partial charge is 0.339 e. The molecule has 8 heteroatoms. The fraction of sp³-hybridized carbons (Fsp3) is 0.556. The zero-order chi connectivity index (χ0) is 19.7. The minimum Gasteiger partial charge on any atom is -0.493 e. The van der Waals surface area contributed by atoms with Gasteiger partial charge in [-0.25, -0.2) is 4.79 Å². The molecule has 1 aromatic rings. The first-order valence-electron chi connectivity index (χ1n) is 8.28. The van der Waals surface area contributed by atoms with Crippen molar-refractivity contribution in [1.82, 2.24) is 5.32 Å². The maximum atomic E-state index is 12.3. The lowest BCUT2D eigenvalue weighted by Crippen LogP contribution is -2.37. The Morgan fingerprint density at radius 1 is 1.19 bits per heavy atom. The number of hydrogen-bond acceptors (Lipinski definition) is 6. The molecule has 1 aromatic carbocycles. The second-order valence-corrected chi connectivity index (χ2v) is 6.43. The Kier molecular flexibility index (Phi) is 9.23. The van der Waals surface area contributed by atoms with Gasteiger partial charge in [0.2, 0.25) is 0 Å². The number of nitrogens with one attached hydrogen (secondary N) is 1. The molecule has 26 heavy (non-hydrogen) atoms. The molecule has 0 aliphatic heterocycles. The summed E-state index contributed by atoms with van der Waals surface area (Å²) < 4.78 is 20.9. The standard InChI is InChI=1S/C18H26ClNO6/c1-11(2)10-25-16-14(19)8-13(9-15(16)24-5)18(22)26-12(3)17(21)20-6-7-23-4/h8-9,11-12H,6-7,10H2,1-5H3,(H,20,21)/t12-/m0/s1. The minimum absolute atomic E-state index is 0.167. The highest BCUT2D eigenvalue weighted by molar-refractivity contribution is 6.32. The summed E-state index contributed by atoms with van der Waals surface area (Å²) in [6.45, 7) is 6.66. The second kappa shape index (κ2) is 10.9. The molecule has 0 heterocycles. The molecule has 0 bridgehead atoms. The lowest BCUT2D eigenvalue weighted by molar-refractivity contribution is -0.129. The Bertz CT molecular complexity index is 620. The molecule has 0 fully saturated rings. The number of esters is 1. The molecular formula is C18H26ClNO6. The van der Waals surface area contributed by atoms with E-state index in [4.69, 9.17) is 30.5 Å². The fourth-order valence-electron chi connectivity index (χ4n) is 1.93. The van der Waals surface area contributed by atoms with Crippen molar-refractivity contribution in [3.8, 4) is 11.5 Å². The number of hydrogen-bond donors (Lipinski definition) is 1. The van der Waals surface area contributed by atoms with E-state index in [1.165, 1.54) is 33.3 Å². The maximum Gasteiger partial charge on any atom is 0.339 e. The average molecular weight is 388 g/mol. The van der Waals surface area contributed by atoms with E-state index in [9.17, 15) is 9.59 Å². The summed E-state index contributed by atoms with van der Waals surface area (Å²) in [6, 6.07) is 2.90. The summed E-state index contributed by atoms with van der Waals surface area (Å²) in [4.78, 5) is 24.2. The number of halogens is 1. The minimum atomic E-state index is -0.957. The first-order valence-corrected chi connectivity index (χ1v) is 8.65. The molecule has 0 radical (unpaired) electrons. The van der Waals surface area contributed by atoms with Crippen LogP contribution in [0, 0.1) is 5.92 Å². The Labute approximate surface area is 158 Å². The van der Waals surface area contributed by atoms with E-state index in [-0.39, 0.29) is 10.6 Å². The molecule has 1 rings (SSSR count). The van der Waals surface area contributed by atoms with Crippen molar-refractivity contribution >= 4 is 23.5 Å². The predicted octanol–water partition coefficient (Wildman–Crippen LogP) is 2.69. The van der Waals surface area contributed by atoms with Crippen molar-refractivity contribution < 1.29 is 28.5 Å². The van der Waals surface area contributed by atoms with Crippen molar-refractivity contribution in [2.24, 2.45) is 5.92 Å². The van der Waals surface area contributed by atoms with Gasteiger partial charge in [0, 0.05) is 13.7 Å². The van der Waals surface area contributed by atoms with E-state index in [2.05, 4.69) is 5.32 Å². The topological polar surface area (TPSA) is 83.1 Å². The van der Waals surface area contributed by atoms with Gasteiger partial charge in [-0.3, -0.25) is 4.79 Å². The van der Waals surface area contributed by atoms with E-state index in [1.807, 2.05) is 13.8 Å². The summed E-state index contributed by atoms with van der Waals surface area (Å²) >= 11 is 6.22. The summed E-state index contributed by atoms with van der Waals surface area (Å²) in [5.74, 6) is -0.106. The van der Waals surface area contributed by atoms with Crippen LogP contribution in [-0.2, 0) is 14.3 Å². The quantitative estimate of drug-likeness (QED) is 0.491. The van der Waals surface area contributed by atoms with Crippen LogP contribution in [0.1, 0.15) is 31.1 Å². The van der Waals surface area contributed by atoms with Gasteiger partial charge in [-0.1, -0.05) is 25.4 Å². The molecule has 0 unspecified atom stereocenters. The predicted molar refractivity (Wildman–Crippen MR) is 98.1 cm³/mol. The SMILES string of the molecule is COCCNC(=O)[C@H](C)OC(=O)c1cc(Cl)c(OCC(C)C)c(OC)c1. The molecule has 1 atom stereocenters. The maximum absolute atomic E-state index is 12.3. The number of rotatable bonds is 10. The number of carbonyl (C=O) groups excluding carboxylic acids is 2. The van der Waals surface area contributed by atoms with Crippen LogP contribution >= 0.6 is 11.6 Å². The Morgan fingerprint density at radius 2 is 1.88 bits per heavy atom. The van der Waals surface area contributed by atoms with Crippen molar-refractivity contribution in [2.45, 2.75) is 26.9 Å². The molecule has 0 saturated carbocycles. The summed E-state index contributed by atoms with van der Waals surface area (Å²) in [6.07, 6.45) is -0.957. The monoisotopic (exact) mass is 387 g/mol. The van der Waals surface area contributed by atoms with Gasteiger partial charge < -0.3 is 24.3 Å². The molecule has 1 N–H and O–H groups in total. The van der Waals surface area contributed by atoms with Crippen LogP contribution in [0.4, 0.5) is 0 Å². The van der Waals surface area contributed by atoms with E-state index >= 15 is 0 Å². The molecule has 0 aromatic heterocycles. The van der Waals surface area contributed by atoms with Crippen LogP contribution in [0.3, 0.4) is 0 Å². The number of carbonyl (C=O) groups is 2. The van der Waals surface area contributed by atoms with Crippen LogP contribution in [0.25, 0.3) is 0 Å². The molecule has 146 valence electrons. The Morgan fingerprint density at radius 3 is 2.46 bits per heavy atom. The van der Waals surface area contributed by atoms with Crippen LogP contribution in [0.15, 0.2) is 12.1 Å². The van der Waals surface area contributed by atoms with Gasteiger partial charge in [0.15, 0.2) is 17.6 Å². The Balaban J connectivity index is 2.82. The summed E-state index contributed by atoms with van der Waals surface area (Å²) in [7, 11) is 2.98. The van der Waals surface area contributed by atoms with E-state index in [0.29, 0.717) is 37.2 Å². The highest BCUT2D eigenvalue weighted by atomic mass is 35.5.